The molecule has 0 radical (unpaired) electrons. The average molecular weight is 267 g/mol. The van der Waals surface area contributed by atoms with Gasteiger partial charge in [-0.05, 0) is 12.8 Å². The second-order valence-electron chi connectivity index (χ2n) is 4.72. The minimum atomic E-state index is -4.30. The molecule has 6 heteroatoms. The molecule has 1 saturated carbocycles. The zero-order valence-electron chi connectivity index (χ0n) is 10.4. The largest absolute Gasteiger partial charge is 0.395 e. The summed E-state index contributed by atoms with van der Waals surface area (Å²) < 4.78 is 36.3. The van der Waals surface area contributed by atoms with Gasteiger partial charge in [-0.2, -0.15) is 13.2 Å². The van der Waals surface area contributed by atoms with E-state index in [-0.39, 0.29) is 19.2 Å². The smallest absolute Gasteiger partial charge is 0.389 e. The highest BCUT2D eigenvalue weighted by molar-refractivity contribution is 5.76. The Morgan fingerprint density at radius 2 is 1.83 bits per heavy atom. The number of carbonyl (C=O) groups is 1. The molecule has 0 spiro atoms. The standard InChI is InChI=1S/C12H20F3NO2/c13-12(14,15)7-6-11(18)16(8-9-17)10-4-2-1-3-5-10/h10,17H,1-9H2. The molecule has 0 aromatic rings. The van der Waals surface area contributed by atoms with Crippen LogP contribution in [0.25, 0.3) is 0 Å². The predicted molar refractivity (Wildman–Crippen MR) is 61.0 cm³/mol. The van der Waals surface area contributed by atoms with E-state index in [1.807, 2.05) is 0 Å². The van der Waals surface area contributed by atoms with E-state index in [2.05, 4.69) is 0 Å². The number of hydrogen-bond acceptors (Lipinski definition) is 2. The van der Waals surface area contributed by atoms with E-state index in [4.69, 9.17) is 5.11 Å². The third-order valence-electron chi connectivity index (χ3n) is 3.30. The second kappa shape index (κ2) is 6.97. The number of aliphatic hydroxyl groups excluding tert-OH is 1. The van der Waals surface area contributed by atoms with Crippen LogP contribution in [0.1, 0.15) is 44.9 Å². The lowest BCUT2D eigenvalue weighted by atomic mass is 9.94. The zero-order chi connectivity index (χ0) is 13.6. The molecule has 1 N–H and O–H groups in total. The summed E-state index contributed by atoms with van der Waals surface area (Å²) in [5.74, 6) is -0.492. The molecule has 1 fully saturated rings. The van der Waals surface area contributed by atoms with Crippen LogP contribution in [0.15, 0.2) is 0 Å². The first-order valence-corrected chi connectivity index (χ1v) is 6.41. The molecule has 0 saturated heterocycles. The van der Waals surface area contributed by atoms with Crippen LogP contribution in [0.3, 0.4) is 0 Å². The van der Waals surface area contributed by atoms with Crippen molar-refractivity contribution < 1.29 is 23.1 Å². The molecule has 1 amide bonds. The Morgan fingerprint density at radius 3 is 2.33 bits per heavy atom. The van der Waals surface area contributed by atoms with E-state index >= 15 is 0 Å². The maximum atomic E-state index is 12.1. The lowest BCUT2D eigenvalue weighted by Gasteiger charge is -2.34. The van der Waals surface area contributed by atoms with Crippen molar-refractivity contribution in [2.75, 3.05) is 13.2 Å². The number of halogens is 3. The van der Waals surface area contributed by atoms with Crippen LogP contribution in [0, 0.1) is 0 Å². The molecule has 1 aliphatic carbocycles. The van der Waals surface area contributed by atoms with E-state index in [1.54, 1.807) is 0 Å². The summed E-state index contributed by atoms with van der Waals surface area (Å²) in [4.78, 5) is 13.2. The number of rotatable bonds is 5. The van der Waals surface area contributed by atoms with Crippen molar-refractivity contribution >= 4 is 5.91 Å². The van der Waals surface area contributed by atoms with Crippen molar-refractivity contribution in [3.8, 4) is 0 Å². The summed E-state index contributed by atoms with van der Waals surface area (Å²) in [6, 6.07) is 0.00614. The van der Waals surface area contributed by atoms with Crippen molar-refractivity contribution in [2.45, 2.75) is 57.2 Å². The Kier molecular flexibility index (Phi) is 5.91. The topological polar surface area (TPSA) is 40.5 Å². The molecule has 0 aromatic heterocycles. The van der Waals surface area contributed by atoms with Crippen molar-refractivity contribution in [3.63, 3.8) is 0 Å². The Morgan fingerprint density at radius 1 is 1.22 bits per heavy atom. The van der Waals surface area contributed by atoms with Crippen LogP contribution >= 0.6 is 0 Å². The van der Waals surface area contributed by atoms with Crippen LogP contribution in [-0.4, -0.2) is 41.3 Å². The van der Waals surface area contributed by atoms with Gasteiger partial charge in [0.2, 0.25) is 5.91 Å². The monoisotopic (exact) mass is 267 g/mol. The Bertz CT molecular complexity index is 263. The summed E-state index contributed by atoms with van der Waals surface area (Å²) >= 11 is 0. The predicted octanol–water partition coefficient (Wildman–Crippen LogP) is 2.48. The van der Waals surface area contributed by atoms with E-state index in [9.17, 15) is 18.0 Å². The van der Waals surface area contributed by atoms with Gasteiger partial charge in [-0.15, -0.1) is 0 Å². The maximum absolute atomic E-state index is 12.1. The zero-order valence-corrected chi connectivity index (χ0v) is 10.4. The molecule has 0 heterocycles. The van der Waals surface area contributed by atoms with E-state index < -0.39 is 24.9 Å². The van der Waals surface area contributed by atoms with Gasteiger partial charge in [0, 0.05) is 19.0 Å². The van der Waals surface area contributed by atoms with Crippen LogP contribution in [0.2, 0.25) is 0 Å². The van der Waals surface area contributed by atoms with E-state index in [1.165, 1.54) is 4.90 Å². The molecule has 0 aliphatic heterocycles. The minimum Gasteiger partial charge on any atom is -0.395 e. The maximum Gasteiger partial charge on any atom is 0.389 e. The van der Waals surface area contributed by atoms with Gasteiger partial charge < -0.3 is 10.0 Å². The molecule has 1 rings (SSSR count). The van der Waals surface area contributed by atoms with E-state index in [0.29, 0.717) is 0 Å². The molecule has 0 unspecified atom stereocenters. The molecule has 0 atom stereocenters. The molecular weight excluding hydrogens is 247 g/mol. The van der Waals surface area contributed by atoms with Crippen molar-refractivity contribution in [3.05, 3.63) is 0 Å². The lowest BCUT2D eigenvalue weighted by Crippen LogP contribution is -2.43. The normalized spacial score (nSPS) is 17.8. The number of alkyl halides is 3. The number of amides is 1. The first kappa shape index (κ1) is 15.3. The molecular formula is C12H20F3NO2. The minimum absolute atomic E-state index is 0.00614. The summed E-state index contributed by atoms with van der Waals surface area (Å²) in [6.07, 6.45) is -1.12. The summed E-state index contributed by atoms with van der Waals surface area (Å²) in [6.45, 7) is -0.0599. The number of hydrogen-bond donors (Lipinski definition) is 1. The van der Waals surface area contributed by atoms with Gasteiger partial charge in [0.25, 0.3) is 0 Å². The van der Waals surface area contributed by atoms with Crippen molar-refractivity contribution in [1.29, 1.82) is 0 Å². The SMILES string of the molecule is O=C(CCC(F)(F)F)N(CCO)C1CCCCC1. The van der Waals surface area contributed by atoms with Gasteiger partial charge >= 0.3 is 6.18 Å². The van der Waals surface area contributed by atoms with Gasteiger partial charge in [0.15, 0.2) is 0 Å². The van der Waals surface area contributed by atoms with Crippen LogP contribution < -0.4 is 0 Å². The lowest BCUT2D eigenvalue weighted by molar-refractivity contribution is -0.151. The highest BCUT2D eigenvalue weighted by Crippen LogP contribution is 2.25. The Labute approximate surface area is 105 Å². The third kappa shape index (κ3) is 5.25. The number of carbonyl (C=O) groups excluding carboxylic acids is 1. The molecule has 106 valence electrons. The van der Waals surface area contributed by atoms with Gasteiger partial charge in [-0.1, -0.05) is 19.3 Å². The second-order valence-corrected chi connectivity index (χ2v) is 4.72. The summed E-state index contributed by atoms with van der Waals surface area (Å²) in [5, 5.41) is 8.93. The van der Waals surface area contributed by atoms with E-state index in [0.717, 1.165) is 32.1 Å². The Balaban J connectivity index is 2.51. The quantitative estimate of drug-likeness (QED) is 0.831. The average Bonchev–Trinajstić information content (AvgIpc) is 2.33. The van der Waals surface area contributed by atoms with Crippen LogP contribution in [-0.2, 0) is 4.79 Å². The first-order chi connectivity index (χ1) is 8.44. The van der Waals surface area contributed by atoms with Gasteiger partial charge in [0.05, 0.1) is 13.0 Å². The first-order valence-electron chi connectivity index (χ1n) is 6.41. The highest BCUT2D eigenvalue weighted by atomic mass is 19.4. The highest BCUT2D eigenvalue weighted by Gasteiger charge is 2.31. The fraction of sp³-hybridized carbons (Fsp3) is 0.917. The summed E-state index contributed by atoms with van der Waals surface area (Å²) in [7, 11) is 0. The molecule has 0 bridgehead atoms. The molecule has 1 aliphatic rings. The fourth-order valence-corrected chi connectivity index (χ4v) is 2.40. The molecule has 3 nitrogen and oxygen atoms in total. The van der Waals surface area contributed by atoms with Crippen molar-refractivity contribution in [1.82, 2.24) is 4.90 Å². The van der Waals surface area contributed by atoms with Gasteiger partial charge in [0.1, 0.15) is 0 Å². The third-order valence-corrected chi connectivity index (χ3v) is 3.30. The fourth-order valence-electron chi connectivity index (χ4n) is 2.40. The van der Waals surface area contributed by atoms with Gasteiger partial charge in [-0.3, -0.25) is 4.79 Å². The van der Waals surface area contributed by atoms with Crippen molar-refractivity contribution in [2.24, 2.45) is 0 Å². The molecule has 18 heavy (non-hydrogen) atoms. The van der Waals surface area contributed by atoms with Gasteiger partial charge in [-0.25, -0.2) is 0 Å². The number of aliphatic hydroxyl groups is 1. The summed E-state index contributed by atoms with van der Waals surface area (Å²) in [5.41, 5.74) is 0. The van der Waals surface area contributed by atoms with Crippen LogP contribution in [0.5, 0.6) is 0 Å². The molecule has 0 aromatic carbocycles. The Hall–Kier alpha value is -0.780. The number of nitrogens with zero attached hydrogens (tertiary/aromatic N) is 1. The van der Waals surface area contributed by atoms with Crippen LogP contribution in [0.4, 0.5) is 13.2 Å².